The second kappa shape index (κ2) is 5.10. The highest BCUT2D eigenvalue weighted by Gasteiger charge is 2.17. The van der Waals surface area contributed by atoms with Gasteiger partial charge in [-0.2, -0.15) is 0 Å². The van der Waals surface area contributed by atoms with Crippen LogP contribution in [-0.4, -0.2) is 14.5 Å². The number of fused-ring (bicyclic) bond motifs is 1. The molecule has 0 amide bonds. The summed E-state index contributed by atoms with van der Waals surface area (Å²) in [4.78, 5) is 8.57. The molecule has 0 atom stereocenters. The summed E-state index contributed by atoms with van der Waals surface area (Å²) < 4.78 is 29.0. The highest BCUT2D eigenvalue weighted by molar-refractivity contribution is 7.09. The molecule has 1 aromatic carbocycles. The fourth-order valence-corrected chi connectivity index (χ4v) is 3.05. The van der Waals surface area contributed by atoms with Crippen molar-refractivity contribution in [1.82, 2.24) is 14.5 Å². The Labute approximate surface area is 122 Å². The average molecular weight is 314 g/mol. The van der Waals surface area contributed by atoms with Gasteiger partial charge < -0.3 is 4.57 Å². The summed E-state index contributed by atoms with van der Waals surface area (Å²) in [5.74, 6) is -1.17. The second-order valence-corrected chi connectivity index (χ2v) is 5.57. The third kappa shape index (κ3) is 2.19. The van der Waals surface area contributed by atoms with E-state index < -0.39 is 11.6 Å². The molecule has 0 unspecified atom stereocenters. The lowest BCUT2D eigenvalue weighted by Crippen LogP contribution is -2.05. The fraction of sp³-hybridized carbons (Fsp3) is 0.231. The molecule has 20 heavy (non-hydrogen) atoms. The van der Waals surface area contributed by atoms with Gasteiger partial charge in [0.25, 0.3) is 0 Å². The second-order valence-electron chi connectivity index (χ2n) is 4.36. The Kier molecular flexibility index (Phi) is 3.43. The van der Waals surface area contributed by atoms with Crippen LogP contribution in [0.4, 0.5) is 8.78 Å². The molecule has 0 spiro atoms. The largest absolute Gasteiger partial charge is 0.318 e. The zero-order valence-corrected chi connectivity index (χ0v) is 12.1. The van der Waals surface area contributed by atoms with Crippen molar-refractivity contribution >= 4 is 34.0 Å². The third-order valence-electron chi connectivity index (χ3n) is 2.96. The van der Waals surface area contributed by atoms with E-state index in [1.807, 2.05) is 12.3 Å². The van der Waals surface area contributed by atoms with Gasteiger partial charge in [0.1, 0.15) is 16.3 Å². The number of imidazole rings is 1. The van der Waals surface area contributed by atoms with Crippen LogP contribution in [0, 0.1) is 18.6 Å². The highest BCUT2D eigenvalue weighted by Crippen LogP contribution is 2.24. The molecule has 0 fully saturated rings. The van der Waals surface area contributed by atoms with E-state index in [1.165, 1.54) is 17.4 Å². The molecule has 2 heterocycles. The van der Waals surface area contributed by atoms with Crippen molar-refractivity contribution in [3.63, 3.8) is 0 Å². The number of nitrogens with zero attached hydrogens (tertiary/aromatic N) is 3. The molecule has 3 rings (SSSR count). The molecular weight excluding hydrogens is 304 g/mol. The van der Waals surface area contributed by atoms with E-state index in [0.717, 1.165) is 16.8 Å². The summed E-state index contributed by atoms with van der Waals surface area (Å²) in [6.07, 6.45) is 0. The number of hydrogen-bond acceptors (Lipinski definition) is 3. The predicted octanol–water partition coefficient (Wildman–Crippen LogP) is 3.87. The van der Waals surface area contributed by atoms with E-state index in [2.05, 4.69) is 9.97 Å². The molecule has 0 aliphatic carbocycles. The molecule has 7 heteroatoms. The minimum atomic E-state index is -0.903. The van der Waals surface area contributed by atoms with Crippen LogP contribution in [0.15, 0.2) is 17.5 Å². The van der Waals surface area contributed by atoms with Crippen molar-refractivity contribution < 1.29 is 8.78 Å². The summed E-state index contributed by atoms with van der Waals surface area (Å²) in [5, 5.41) is 2.71. The van der Waals surface area contributed by atoms with Crippen molar-refractivity contribution in [2.24, 2.45) is 0 Å². The highest BCUT2D eigenvalue weighted by atomic mass is 35.5. The van der Waals surface area contributed by atoms with E-state index in [9.17, 15) is 8.78 Å². The van der Waals surface area contributed by atoms with Crippen molar-refractivity contribution in [3.05, 3.63) is 45.7 Å². The number of thiazole rings is 1. The number of aromatic nitrogens is 3. The van der Waals surface area contributed by atoms with Crippen LogP contribution in [0.1, 0.15) is 16.5 Å². The standard InChI is InChI=1S/C13H10ClF2N3S/c1-7-6-20-11(17-7)5-19-10(4-14)18-9-3-2-8(15)12(16)13(9)19/h2-3,6H,4-5H2,1H3. The van der Waals surface area contributed by atoms with Crippen LogP contribution >= 0.6 is 22.9 Å². The minimum Gasteiger partial charge on any atom is -0.318 e. The molecule has 3 aromatic rings. The van der Waals surface area contributed by atoms with Crippen LogP contribution in [0.3, 0.4) is 0 Å². The van der Waals surface area contributed by atoms with Crippen LogP contribution in [0.2, 0.25) is 0 Å². The first kappa shape index (κ1) is 13.5. The Morgan fingerprint density at radius 3 is 2.75 bits per heavy atom. The lowest BCUT2D eigenvalue weighted by molar-refractivity contribution is 0.512. The van der Waals surface area contributed by atoms with Gasteiger partial charge in [0.2, 0.25) is 0 Å². The Hall–Kier alpha value is -1.53. The molecule has 0 radical (unpaired) electrons. The fourth-order valence-electron chi connectivity index (χ4n) is 2.09. The topological polar surface area (TPSA) is 30.7 Å². The van der Waals surface area contributed by atoms with E-state index in [1.54, 1.807) is 4.57 Å². The van der Waals surface area contributed by atoms with Crippen LogP contribution in [0.5, 0.6) is 0 Å². The van der Waals surface area contributed by atoms with Crippen molar-refractivity contribution in [3.8, 4) is 0 Å². The van der Waals surface area contributed by atoms with Gasteiger partial charge in [0.15, 0.2) is 11.6 Å². The Morgan fingerprint density at radius 1 is 1.30 bits per heavy atom. The average Bonchev–Trinajstić information content (AvgIpc) is 2.99. The summed E-state index contributed by atoms with van der Waals surface area (Å²) in [5.41, 5.74) is 1.43. The smallest absolute Gasteiger partial charge is 0.184 e. The number of benzene rings is 1. The van der Waals surface area contributed by atoms with Gasteiger partial charge >= 0.3 is 0 Å². The zero-order chi connectivity index (χ0) is 14.3. The molecule has 0 aliphatic heterocycles. The van der Waals surface area contributed by atoms with Crippen LogP contribution in [0.25, 0.3) is 11.0 Å². The SMILES string of the molecule is Cc1csc(Cn2c(CCl)nc3ccc(F)c(F)c32)n1. The summed E-state index contributed by atoms with van der Waals surface area (Å²) in [6, 6.07) is 2.52. The van der Waals surface area contributed by atoms with E-state index in [0.29, 0.717) is 17.9 Å². The molecule has 0 aliphatic rings. The van der Waals surface area contributed by atoms with Crippen molar-refractivity contribution in [1.29, 1.82) is 0 Å². The van der Waals surface area contributed by atoms with E-state index >= 15 is 0 Å². The molecule has 3 nitrogen and oxygen atoms in total. The van der Waals surface area contributed by atoms with Gasteiger partial charge in [-0.3, -0.25) is 0 Å². The monoisotopic (exact) mass is 313 g/mol. The molecule has 0 saturated heterocycles. The molecule has 0 saturated carbocycles. The van der Waals surface area contributed by atoms with Gasteiger partial charge in [0, 0.05) is 11.1 Å². The Bertz CT molecular complexity index is 781. The predicted molar refractivity (Wildman–Crippen MR) is 75.2 cm³/mol. The van der Waals surface area contributed by atoms with Crippen molar-refractivity contribution in [2.75, 3.05) is 0 Å². The first-order chi connectivity index (χ1) is 9.60. The number of alkyl halides is 1. The lowest BCUT2D eigenvalue weighted by atomic mass is 10.3. The summed E-state index contributed by atoms with van der Waals surface area (Å²) in [7, 11) is 0. The number of rotatable bonds is 3. The molecule has 104 valence electrons. The quantitative estimate of drug-likeness (QED) is 0.687. The summed E-state index contributed by atoms with van der Waals surface area (Å²) in [6.45, 7) is 2.21. The van der Waals surface area contributed by atoms with Crippen LogP contribution in [-0.2, 0) is 12.4 Å². The zero-order valence-electron chi connectivity index (χ0n) is 10.5. The molecule has 2 aromatic heterocycles. The Morgan fingerprint density at radius 2 is 2.10 bits per heavy atom. The van der Waals surface area contributed by atoms with Gasteiger partial charge in [-0.15, -0.1) is 22.9 Å². The minimum absolute atomic E-state index is 0.125. The van der Waals surface area contributed by atoms with Gasteiger partial charge in [-0.05, 0) is 19.1 Å². The normalized spacial score (nSPS) is 11.4. The maximum atomic E-state index is 14.0. The third-order valence-corrected chi connectivity index (χ3v) is 4.15. The van der Waals surface area contributed by atoms with Gasteiger partial charge in [-0.25, -0.2) is 18.7 Å². The van der Waals surface area contributed by atoms with Crippen LogP contribution < -0.4 is 0 Å². The number of halogens is 3. The lowest BCUT2D eigenvalue weighted by Gasteiger charge is -2.06. The molecule has 0 bridgehead atoms. The first-order valence-electron chi connectivity index (χ1n) is 5.90. The first-order valence-corrected chi connectivity index (χ1v) is 7.31. The van der Waals surface area contributed by atoms with Crippen molar-refractivity contribution in [2.45, 2.75) is 19.3 Å². The maximum absolute atomic E-state index is 14.0. The van der Waals surface area contributed by atoms with E-state index in [-0.39, 0.29) is 11.4 Å². The number of hydrogen-bond donors (Lipinski definition) is 0. The number of aryl methyl sites for hydroxylation is 1. The van der Waals surface area contributed by atoms with E-state index in [4.69, 9.17) is 11.6 Å². The van der Waals surface area contributed by atoms with Gasteiger partial charge in [0.05, 0.1) is 17.9 Å². The summed E-state index contributed by atoms with van der Waals surface area (Å²) >= 11 is 7.32. The van der Waals surface area contributed by atoms with Gasteiger partial charge in [-0.1, -0.05) is 0 Å². The molecular formula is C13H10ClF2N3S. The maximum Gasteiger partial charge on any atom is 0.184 e. The molecule has 0 N–H and O–H groups in total. The Balaban J connectivity index is 2.19.